The van der Waals surface area contributed by atoms with E-state index in [1.54, 1.807) is 12.4 Å². The number of carbonyl (C=O) groups excluding carboxylic acids is 1. The number of rotatable bonds is 3. The molecule has 4 aliphatic rings. The number of nitrogens with one attached hydrogen (secondary N) is 1. The van der Waals surface area contributed by atoms with Crippen LogP contribution in [-0.4, -0.2) is 46.7 Å². The predicted octanol–water partition coefficient (Wildman–Crippen LogP) is 4.74. The molecule has 0 saturated carbocycles. The average Bonchev–Trinajstić information content (AvgIpc) is 3.08. The Morgan fingerprint density at radius 1 is 1.03 bits per heavy atom. The predicted molar refractivity (Wildman–Crippen MR) is 128 cm³/mol. The number of fused-ring (bicyclic) bond motifs is 5. The second kappa shape index (κ2) is 7.80. The third kappa shape index (κ3) is 3.76. The van der Waals surface area contributed by atoms with E-state index in [0.717, 1.165) is 61.1 Å². The molecule has 4 heterocycles. The largest absolute Gasteiger partial charge is 0.445 e. The van der Waals surface area contributed by atoms with Crippen molar-refractivity contribution in [3.05, 3.63) is 59.9 Å². The standard InChI is InChI=1S/C27H30N4O2/c1-27(2)15-20-13-18(19-4-6-22-23(14-19)29-10-9-28-22)3-5-21(20)25(27)30-26(32)33-24-16-31-11-7-17(24)8-12-31/h3-6,9-10,13-14,17,24-25H,7-8,11-12,15-16H2,1-2H3,(H,30,32)/t24-,25?/m0/s1. The van der Waals surface area contributed by atoms with Gasteiger partial charge in [-0.2, -0.15) is 0 Å². The summed E-state index contributed by atoms with van der Waals surface area (Å²) in [5, 5.41) is 3.22. The van der Waals surface area contributed by atoms with Gasteiger partial charge in [-0.3, -0.25) is 14.9 Å². The molecule has 2 atom stereocenters. The van der Waals surface area contributed by atoms with Gasteiger partial charge in [-0.1, -0.05) is 38.1 Å². The third-order valence-electron chi connectivity index (χ3n) is 7.80. The van der Waals surface area contributed by atoms with Crippen molar-refractivity contribution in [2.75, 3.05) is 19.6 Å². The number of alkyl carbamates (subject to hydrolysis) is 1. The van der Waals surface area contributed by atoms with E-state index in [-0.39, 0.29) is 23.7 Å². The summed E-state index contributed by atoms with van der Waals surface area (Å²) in [4.78, 5) is 24.1. The Morgan fingerprint density at radius 3 is 2.52 bits per heavy atom. The fraction of sp³-hybridized carbons (Fsp3) is 0.444. The lowest BCUT2D eigenvalue weighted by Crippen LogP contribution is -2.53. The zero-order valence-electron chi connectivity index (χ0n) is 19.3. The van der Waals surface area contributed by atoms with Gasteiger partial charge in [0, 0.05) is 18.9 Å². The second-order valence-corrected chi connectivity index (χ2v) is 10.5. The zero-order chi connectivity index (χ0) is 22.6. The number of hydrogen-bond acceptors (Lipinski definition) is 5. The van der Waals surface area contributed by atoms with Crippen LogP contribution in [0.4, 0.5) is 4.79 Å². The summed E-state index contributed by atoms with van der Waals surface area (Å²) in [5.74, 6) is 0.513. The summed E-state index contributed by atoms with van der Waals surface area (Å²) in [6.45, 7) is 7.60. The SMILES string of the molecule is CC1(C)Cc2cc(-c3ccc4nccnc4c3)ccc2C1NC(=O)O[C@H]1CN2CCC1CC2. The summed E-state index contributed by atoms with van der Waals surface area (Å²) < 4.78 is 5.92. The van der Waals surface area contributed by atoms with Crippen molar-refractivity contribution >= 4 is 17.1 Å². The molecular weight excluding hydrogens is 412 g/mol. The molecule has 1 amide bonds. The first-order valence-corrected chi connectivity index (χ1v) is 12.0. The topological polar surface area (TPSA) is 67.3 Å². The molecule has 2 bridgehead atoms. The lowest BCUT2D eigenvalue weighted by Gasteiger charge is -2.44. The van der Waals surface area contributed by atoms with E-state index in [9.17, 15) is 4.79 Å². The van der Waals surface area contributed by atoms with Crippen molar-refractivity contribution < 1.29 is 9.53 Å². The summed E-state index contributed by atoms with van der Waals surface area (Å²) >= 11 is 0. The third-order valence-corrected chi connectivity index (χ3v) is 7.80. The van der Waals surface area contributed by atoms with Gasteiger partial charge in [-0.05, 0) is 78.1 Å². The molecule has 170 valence electrons. The van der Waals surface area contributed by atoms with E-state index in [0.29, 0.717) is 5.92 Å². The van der Waals surface area contributed by atoms with E-state index < -0.39 is 0 Å². The first kappa shape index (κ1) is 20.6. The van der Waals surface area contributed by atoms with Gasteiger partial charge in [0.05, 0.1) is 17.1 Å². The van der Waals surface area contributed by atoms with Crippen molar-refractivity contribution in [3.8, 4) is 11.1 Å². The van der Waals surface area contributed by atoms with E-state index in [1.807, 2.05) is 6.07 Å². The molecule has 3 aromatic rings. The highest BCUT2D eigenvalue weighted by Crippen LogP contribution is 2.46. The Bertz CT molecular complexity index is 1220. The number of benzene rings is 2. The monoisotopic (exact) mass is 442 g/mol. The second-order valence-electron chi connectivity index (χ2n) is 10.5. The zero-order valence-corrected chi connectivity index (χ0v) is 19.3. The van der Waals surface area contributed by atoms with Gasteiger partial charge in [0.15, 0.2) is 0 Å². The van der Waals surface area contributed by atoms with Crippen LogP contribution in [0.25, 0.3) is 22.2 Å². The molecule has 0 spiro atoms. The van der Waals surface area contributed by atoms with E-state index in [1.165, 1.54) is 11.1 Å². The first-order chi connectivity index (χ1) is 16.0. The van der Waals surface area contributed by atoms with Crippen LogP contribution in [0.1, 0.15) is 43.9 Å². The van der Waals surface area contributed by atoms with Gasteiger partial charge >= 0.3 is 6.09 Å². The molecule has 6 heteroatoms. The van der Waals surface area contributed by atoms with Crippen LogP contribution in [0, 0.1) is 11.3 Å². The Hall–Kier alpha value is -2.99. The smallest absolute Gasteiger partial charge is 0.407 e. The molecule has 33 heavy (non-hydrogen) atoms. The maximum Gasteiger partial charge on any atom is 0.407 e. The minimum atomic E-state index is -0.281. The first-order valence-electron chi connectivity index (χ1n) is 12.0. The highest BCUT2D eigenvalue weighted by atomic mass is 16.6. The van der Waals surface area contributed by atoms with Crippen LogP contribution in [0.3, 0.4) is 0 Å². The molecule has 1 aliphatic carbocycles. The van der Waals surface area contributed by atoms with Crippen molar-refractivity contribution in [3.63, 3.8) is 0 Å². The van der Waals surface area contributed by atoms with Gasteiger partial charge in [0.1, 0.15) is 6.10 Å². The fourth-order valence-corrected chi connectivity index (χ4v) is 5.98. The van der Waals surface area contributed by atoms with E-state index >= 15 is 0 Å². The van der Waals surface area contributed by atoms with Gasteiger partial charge in [0.25, 0.3) is 0 Å². The molecule has 3 saturated heterocycles. The summed E-state index contributed by atoms with van der Waals surface area (Å²) in [7, 11) is 0. The molecule has 1 unspecified atom stereocenters. The maximum atomic E-state index is 12.9. The van der Waals surface area contributed by atoms with Crippen LogP contribution in [-0.2, 0) is 11.2 Å². The van der Waals surface area contributed by atoms with Crippen LogP contribution in [0.2, 0.25) is 0 Å². The normalized spacial score (nSPS) is 27.3. The van der Waals surface area contributed by atoms with Gasteiger partial charge < -0.3 is 10.1 Å². The molecule has 1 N–H and O–H groups in total. The number of aromatic nitrogens is 2. The van der Waals surface area contributed by atoms with E-state index in [2.05, 4.69) is 64.4 Å². The van der Waals surface area contributed by atoms with Crippen LogP contribution in [0.5, 0.6) is 0 Å². The minimum absolute atomic E-state index is 0.0230. The molecule has 7 rings (SSSR count). The Balaban J connectivity index is 1.22. The molecule has 3 fully saturated rings. The lowest BCUT2D eigenvalue weighted by molar-refractivity contribution is -0.0348. The van der Waals surface area contributed by atoms with Crippen LogP contribution >= 0.6 is 0 Å². The number of ether oxygens (including phenoxy) is 1. The fourth-order valence-electron chi connectivity index (χ4n) is 5.98. The van der Waals surface area contributed by atoms with Crippen LogP contribution < -0.4 is 5.32 Å². The van der Waals surface area contributed by atoms with Crippen molar-refractivity contribution in [2.24, 2.45) is 11.3 Å². The molecule has 0 radical (unpaired) electrons. The number of piperidine rings is 3. The van der Waals surface area contributed by atoms with Gasteiger partial charge in [-0.15, -0.1) is 0 Å². The van der Waals surface area contributed by atoms with Crippen LogP contribution in [0.15, 0.2) is 48.8 Å². The molecule has 1 aromatic heterocycles. The number of nitrogens with zero attached hydrogens (tertiary/aromatic N) is 3. The molecule has 3 aliphatic heterocycles. The van der Waals surface area contributed by atoms with E-state index in [4.69, 9.17) is 4.74 Å². The Morgan fingerprint density at radius 2 is 1.76 bits per heavy atom. The quantitative estimate of drug-likeness (QED) is 0.635. The molecule has 2 aromatic carbocycles. The molecule has 6 nitrogen and oxygen atoms in total. The summed E-state index contributed by atoms with van der Waals surface area (Å²) in [6, 6.07) is 12.7. The van der Waals surface area contributed by atoms with Crippen molar-refractivity contribution in [1.29, 1.82) is 0 Å². The number of hydrogen-bond donors (Lipinski definition) is 1. The minimum Gasteiger partial charge on any atom is -0.445 e. The van der Waals surface area contributed by atoms with Gasteiger partial charge in [-0.25, -0.2) is 4.79 Å². The average molecular weight is 443 g/mol. The number of amides is 1. The molecular formula is C27H30N4O2. The number of carbonyl (C=O) groups is 1. The highest BCUT2D eigenvalue weighted by molar-refractivity contribution is 5.81. The maximum absolute atomic E-state index is 12.9. The summed E-state index contributed by atoms with van der Waals surface area (Å²) in [6.07, 6.45) is 6.37. The highest BCUT2D eigenvalue weighted by Gasteiger charge is 2.42. The van der Waals surface area contributed by atoms with Crippen molar-refractivity contribution in [1.82, 2.24) is 20.2 Å². The summed E-state index contributed by atoms with van der Waals surface area (Å²) in [5.41, 5.74) is 6.47. The van der Waals surface area contributed by atoms with Gasteiger partial charge in [0.2, 0.25) is 0 Å². The van der Waals surface area contributed by atoms with Crippen molar-refractivity contribution in [2.45, 2.75) is 45.3 Å². The Labute approximate surface area is 194 Å². The lowest BCUT2D eigenvalue weighted by atomic mass is 9.85. The Kier molecular flexibility index (Phi) is 4.87.